The van der Waals surface area contributed by atoms with Crippen LogP contribution in [-0.2, 0) is 6.18 Å². The van der Waals surface area contributed by atoms with Crippen LogP contribution in [0.15, 0.2) is 42.9 Å². The van der Waals surface area contributed by atoms with E-state index in [1.807, 2.05) is 0 Å². The quantitative estimate of drug-likeness (QED) is 0.426. The number of aromatic nitrogens is 5. The molecule has 4 rings (SSSR count). The molecule has 0 radical (unpaired) electrons. The molecule has 0 spiro atoms. The number of aromatic carboxylic acids is 1. The van der Waals surface area contributed by atoms with Crippen molar-refractivity contribution in [3.8, 4) is 5.82 Å². The van der Waals surface area contributed by atoms with E-state index in [-0.39, 0.29) is 32.6 Å². The second-order valence-electron chi connectivity index (χ2n) is 6.43. The normalized spacial score (nSPS) is 11.5. The summed E-state index contributed by atoms with van der Waals surface area (Å²) in [5.74, 6) is -2.85. The van der Waals surface area contributed by atoms with E-state index in [0.717, 1.165) is 6.07 Å². The van der Waals surface area contributed by atoms with Crippen LogP contribution in [-0.4, -0.2) is 41.7 Å². The molecule has 9 nitrogen and oxygen atoms in total. The highest BCUT2D eigenvalue weighted by Gasteiger charge is 2.37. The number of carbonyl (C=O) groups is 2. The molecule has 0 saturated carbocycles. The molecular weight excluding hydrogens is 488 g/mol. The topological polar surface area (TPSA) is 123 Å². The number of rotatable bonds is 4. The van der Waals surface area contributed by atoms with Crippen molar-refractivity contribution < 1.29 is 27.9 Å². The van der Waals surface area contributed by atoms with Crippen molar-refractivity contribution in [1.82, 2.24) is 24.7 Å². The van der Waals surface area contributed by atoms with Gasteiger partial charge in [0.05, 0.1) is 26.8 Å². The Kier molecular flexibility index (Phi) is 5.64. The maximum atomic E-state index is 13.3. The number of alkyl halides is 3. The van der Waals surface area contributed by atoms with Gasteiger partial charge in [-0.3, -0.25) is 14.8 Å². The molecule has 4 aromatic rings. The van der Waals surface area contributed by atoms with E-state index in [0.29, 0.717) is 10.7 Å². The van der Waals surface area contributed by atoms with Crippen LogP contribution in [0.25, 0.3) is 16.9 Å². The lowest BCUT2D eigenvalue weighted by molar-refractivity contribution is -0.141. The number of nitrogens with zero attached hydrogens (tertiary/aromatic N) is 5. The summed E-state index contributed by atoms with van der Waals surface area (Å²) in [7, 11) is 0. The fraction of sp³-hybridized carbons (Fsp3) is 0.0526. The molecule has 3 heterocycles. The van der Waals surface area contributed by atoms with Crippen molar-refractivity contribution in [2.45, 2.75) is 6.18 Å². The number of hydrogen-bond donors (Lipinski definition) is 2. The van der Waals surface area contributed by atoms with Gasteiger partial charge in [-0.25, -0.2) is 14.5 Å². The van der Waals surface area contributed by atoms with E-state index < -0.39 is 35.0 Å². The van der Waals surface area contributed by atoms with Gasteiger partial charge in [-0.05, 0) is 18.2 Å². The van der Waals surface area contributed by atoms with Gasteiger partial charge < -0.3 is 10.4 Å². The van der Waals surface area contributed by atoms with Crippen LogP contribution < -0.4 is 5.32 Å². The molecule has 0 atom stereocenters. The summed E-state index contributed by atoms with van der Waals surface area (Å²) in [5.41, 5.74) is -2.60. The number of nitrogens with one attached hydrogen (secondary N) is 1. The average molecular weight is 497 g/mol. The largest absolute Gasteiger partial charge is 0.478 e. The highest BCUT2D eigenvalue weighted by atomic mass is 35.5. The van der Waals surface area contributed by atoms with Crippen LogP contribution in [0.5, 0.6) is 0 Å². The van der Waals surface area contributed by atoms with E-state index in [4.69, 9.17) is 23.2 Å². The molecule has 33 heavy (non-hydrogen) atoms. The van der Waals surface area contributed by atoms with Gasteiger partial charge in [0.25, 0.3) is 5.91 Å². The number of hydrogen-bond acceptors (Lipinski definition) is 6. The SMILES string of the molecule is O=C(O)c1cc2nccnc2c(Cl)c1NC(=O)c1cc(C(F)(F)F)nn1-c1ncccc1Cl. The second kappa shape index (κ2) is 8.30. The molecule has 0 bridgehead atoms. The third-order valence-electron chi connectivity index (χ3n) is 4.35. The monoisotopic (exact) mass is 496 g/mol. The summed E-state index contributed by atoms with van der Waals surface area (Å²) in [5, 5.41) is 14.9. The smallest absolute Gasteiger partial charge is 0.435 e. The van der Waals surface area contributed by atoms with Gasteiger partial charge in [-0.2, -0.15) is 18.3 Å². The number of carboxylic acids is 1. The minimum absolute atomic E-state index is 0.0754. The molecule has 1 amide bonds. The van der Waals surface area contributed by atoms with Crippen LogP contribution >= 0.6 is 23.2 Å². The third kappa shape index (κ3) is 4.17. The average Bonchev–Trinajstić information content (AvgIpc) is 3.21. The van der Waals surface area contributed by atoms with Crippen molar-refractivity contribution in [2.75, 3.05) is 5.32 Å². The number of carbonyl (C=O) groups excluding carboxylic acids is 1. The van der Waals surface area contributed by atoms with Crippen LogP contribution in [0.4, 0.5) is 18.9 Å². The zero-order chi connectivity index (χ0) is 23.9. The Bertz CT molecular complexity index is 1420. The van der Waals surface area contributed by atoms with Crippen LogP contribution in [0.2, 0.25) is 10.0 Å². The van der Waals surface area contributed by atoms with Gasteiger partial charge in [0, 0.05) is 24.7 Å². The first-order chi connectivity index (χ1) is 15.6. The van der Waals surface area contributed by atoms with E-state index in [2.05, 4.69) is 25.4 Å². The van der Waals surface area contributed by atoms with Gasteiger partial charge in [0.2, 0.25) is 0 Å². The van der Waals surface area contributed by atoms with Crippen molar-refractivity contribution in [3.05, 3.63) is 69.9 Å². The van der Waals surface area contributed by atoms with Gasteiger partial charge >= 0.3 is 12.1 Å². The maximum absolute atomic E-state index is 13.3. The van der Waals surface area contributed by atoms with E-state index >= 15 is 0 Å². The molecule has 0 aliphatic carbocycles. The lowest BCUT2D eigenvalue weighted by atomic mass is 10.1. The summed E-state index contributed by atoms with van der Waals surface area (Å²) < 4.78 is 40.6. The lowest BCUT2D eigenvalue weighted by Gasteiger charge is -2.13. The highest BCUT2D eigenvalue weighted by molar-refractivity contribution is 6.39. The van der Waals surface area contributed by atoms with Crippen molar-refractivity contribution in [3.63, 3.8) is 0 Å². The molecular formula is C19H9Cl2F3N6O3. The molecule has 14 heteroatoms. The standard InChI is InChI=1S/C19H9Cl2F3N6O3/c20-9-2-1-3-27-16(9)30-11(7-12(29-30)19(22,23)24)17(31)28-14-8(18(32)33)6-10-15(13(14)21)26-5-4-25-10/h1-7H,(H,28,31)(H,32,33). The fourth-order valence-corrected chi connectivity index (χ4v) is 3.41. The molecule has 2 N–H and O–H groups in total. The van der Waals surface area contributed by atoms with Crippen molar-refractivity contribution in [1.29, 1.82) is 0 Å². The fourth-order valence-electron chi connectivity index (χ4n) is 2.91. The zero-order valence-corrected chi connectivity index (χ0v) is 17.4. The van der Waals surface area contributed by atoms with Crippen LogP contribution in [0.1, 0.15) is 26.5 Å². The third-order valence-corrected chi connectivity index (χ3v) is 5.01. The number of amides is 1. The maximum Gasteiger partial charge on any atom is 0.435 e. The molecule has 3 aromatic heterocycles. The molecule has 168 valence electrons. The summed E-state index contributed by atoms with van der Waals surface area (Å²) in [6, 6.07) is 4.40. The Morgan fingerprint density at radius 1 is 1.06 bits per heavy atom. The minimum Gasteiger partial charge on any atom is -0.478 e. The Morgan fingerprint density at radius 2 is 1.79 bits per heavy atom. The van der Waals surface area contributed by atoms with Gasteiger partial charge in [0.15, 0.2) is 11.5 Å². The molecule has 0 unspecified atom stereocenters. The Morgan fingerprint density at radius 3 is 2.45 bits per heavy atom. The van der Waals surface area contributed by atoms with E-state index in [9.17, 15) is 27.9 Å². The first-order valence-electron chi connectivity index (χ1n) is 8.84. The first-order valence-corrected chi connectivity index (χ1v) is 9.59. The van der Waals surface area contributed by atoms with Crippen molar-refractivity contribution in [2.24, 2.45) is 0 Å². The number of fused-ring (bicyclic) bond motifs is 1. The predicted octanol–water partition coefficient (Wildman–Crippen LogP) is 4.49. The van der Waals surface area contributed by atoms with Gasteiger partial charge in [-0.15, -0.1) is 0 Å². The van der Waals surface area contributed by atoms with E-state index in [1.54, 1.807) is 0 Å². The molecule has 0 aliphatic heterocycles. The van der Waals surface area contributed by atoms with Crippen molar-refractivity contribution >= 4 is 51.8 Å². The Labute approximate surface area is 191 Å². The van der Waals surface area contributed by atoms with Gasteiger partial charge in [-0.1, -0.05) is 23.2 Å². The predicted molar refractivity (Wildman–Crippen MR) is 111 cm³/mol. The highest BCUT2D eigenvalue weighted by Crippen LogP contribution is 2.34. The summed E-state index contributed by atoms with van der Waals surface area (Å²) >= 11 is 12.3. The summed E-state index contributed by atoms with van der Waals surface area (Å²) in [4.78, 5) is 36.6. The number of halogens is 5. The Hall–Kier alpha value is -3.77. The number of benzene rings is 1. The zero-order valence-electron chi connectivity index (χ0n) is 15.9. The molecule has 0 fully saturated rings. The molecule has 1 aromatic carbocycles. The molecule has 0 saturated heterocycles. The number of pyridine rings is 1. The van der Waals surface area contributed by atoms with Gasteiger partial charge in [0.1, 0.15) is 11.2 Å². The summed E-state index contributed by atoms with van der Waals surface area (Å²) in [6.07, 6.45) is -1.02. The lowest BCUT2D eigenvalue weighted by Crippen LogP contribution is -2.20. The minimum atomic E-state index is -4.88. The Balaban J connectivity index is 1.86. The second-order valence-corrected chi connectivity index (χ2v) is 7.21. The first kappa shape index (κ1) is 22.4. The molecule has 0 aliphatic rings. The van der Waals surface area contributed by atoms with Crippen LogP contribution in [0.3, 0.4) is 0 Å². The van der Waals surface area contributed by atoms with E-state index in [1.165, 1.54) is 30.7 Å². The summed E-state index contributed by atoms with van der Waals surface area (Å²) in [6.45, 7) is 0. The number of anilines is 1. The number of carboxylic acid groups (broad SMARTS) is 1. The van der Waals surface area contributed by atoms with Crippen LogP contribution in [0, 0.1) is 0 Å².